The van der Waals surface area contributed by atoms with Crippen LogP contribution in [0.25, 0.3) is 11.3 Å². The lowest BCUT2D eigenvalue weighted by atomic mass is 10.1. The first-order chi connectivity index (χ1) is 13.6. The van der Waals surface area contributed by atoms with Gasteiger partial charge in [-0.15, -0.1) is 0 Å². The fourth-order valence-electron chi connectivity index (χ4n) is 3.53. The van der Waals surface area contributed by atoms with E-state index in [0.717, 1.165) is 0 Å². The van der Waals surface area contributed by atoms with Gasteiger partial charge in [-0.25, -0.2) is 19.2 Å². The molecule has 4 rings (SSSR count). The van der Waals surface area contributed by atoms with Gasteiger partial charge in [-0.05, 0) is 25.1 Å². The minimum Gasteiger partial charge on any atom is -0.371 e. The zero-order chi connectivity index (χ0) is 19.5. The number of hydrogen-bond acceptors (Lipinski definition) is 6. The number of amides is 2. The topological polar surface area (TPSA) is 97.4 Å². The van der Waals surface area contributed by atoms with Gasteiger partial charge in [0.2, 0.25) is 5.95 Å². The van der Waals surface area contributed by atoms with E-state index in [4.69, 9.17) is 9.47 Å². The molecular formula is C19H22FN5O3. The number of carbonyl (C=O) groups is 1. The summed E-state index contributed by atoms with van der Waals surface area (Å²) in [6.07, 6.45) is 1.18. The summed E-state index contributed by atoms with van der Waals surface area (Å²) in [6.45, 7) is 3.21. The minimum atomic E-state index is -0.317. The van der Waals surface area contributed by atoms with Crippen LogP contribution in [0.3, 0.4) is 0 Å². The monoisotopic (exact) mass is 387 g/mol. The summed E-state index contributed by atoms with van der Waals surface area (Å²) in [7, 11) is 0. The third-order valence-corrected chi connectivity index (χ3v) is 4.80. The van der Waals surface area contributed by atoms with E-state index >= 15 is 0 Å². The Morgan fingerprint density at radius 2 is 2.00 bits per heavy atom. The number of rotatable bonds is 5. The largest absolute Gasteiger partial charge is 0.371 e. The van der Waals surface area contributed by atoms with E-state index in [0.29, 0.717) is 37.0 Å². The lowest BCUT2D eigenvalue weighted by molar-refractivity contribution is 0.0682. The summed E-state index contributed by atoms with van der Waals surface area (Å²) in [5.41, 5.74) is 1.30. The maximum Gasteiger partial charge on any atom is 0.315 e. The summed E-state index contributed by atoms with van der Waals surface area (Å²) >= 11 is 0. The molecule has 1 aromatic heterocycles. The Kier molecular flexibility index (Phi) is 5.36. The Bertz CT molecular complexity index is 852. The molecule has 9 heteroatoms. The molecule has 2 aromatic rings. The summed E-state index contributed by atoms with van der Waals surface area (Å²) in [4.78, 5) is 20.5. The molecule has 2 aliphatic rings. The molecule has 0 spiro atoms. The lowest BCUT2D eigenvalue weighted by Crippen LogP contribution is -2.48. The summed E-state index contributed by atoms with van der Waals surface area (Å²) < 4.78 is 25.2. The highest BCUT2D eigenvalue weighted by Gasteiger charge is 2.48. The van der Waals surface area contributed by atoms with Gasteiger partial charge in [0.15, 0.2) is 0 Å². The van der Waals surface area contributed by atoms with Crippen molar-refractivity contribution in [1.82, 2.24) is 20.6 Å². The van der Waals surface area contributed by atoms with Gasteiger partial charge in [-0.3, -0.25) is 0 Å². The van der Waals surface area contributed by atoms with Gasteiger partial charge in [0.25, 0.3) is 0 Å². The number of nitrogens with zero attached hydrogens (tertiary/aromatic N) is 2. The maximum absolute atomic E-state index is 13.5. The zero-order valence-electron chi connectivity index (χ0n) is 15.4. The van der Waals surface area contributed by atoms with Crippen molar-refractivity contribution in [3.8, 4) is 11.3 Å². The molecule has 4 unspecified atom stereocenters. The molecule has 2 fully saturated rings. The molecule has 0 radical (unpaired) electrons. The minimum absolute atomic E-state index is 0.145. The van der Waals surface area contributed by atoms with Crippen LogP contribution in [0.2, 0.25) is 0 Å². The van der Waals surface area contributed by atoms with Crippen LogP contribution in [-0.2, 0) is 9.47 Å². The first-order valence-corrected chi connectivity index (χ1v) is 9.27. The van der Waals surface area contributed by atoms with Gasteiger partial charge in [0, 0.05) is 18.3 Å². The van der Waals surface area contributed by atoms with E-state index in [2.05, 4.69) is 25.9 Å². The van der Waals surface area contributed by atoms with Gasteiger partial charge in [-0.2, -0.15) is 0 Å². The predicted octanol–water partition coefficient (Wildman–Crippen LogP) is 1.55. The molecule has 3 heterocycles. The second-order valence-corrected chi connectivity index (χ2v) is 6.73. The third kappa shape index (κ3) is 3.90. The number of anilines is 1. The average Bonchev–Trinajstić information content (AvgIpc) is 3.26. The Balaban J connectivity index is 1.42. The van der Waals surface area contributed by atoms with Crippen LogP contribution in [0.4, 0.5) is 15.1 Å². The lowest BCUT2D eigenvalue weighted by Gasteiger charge is -2.18. The van der Waals surface area contributed by atoms with Crippen LogP contribution in [0.15, 0.2) is 36.5 Å². The van der Waals surface area contributed by atoms with E-state index in [-0.39, 0.29) is 36.1 Å². The van der Waals surface area contributed by atoms with E-state index in [1.807, 2.05) is 6.92 Å². The number of ether oxygens (including phenoxy) is 2. The van der Waals surface area contributed by atoms with Gasteiger partial charge in [0.1, 0.15) is 18.0 Å². The average molecular weight is 387 g/mol. The summed E-state index contributed by atoms with van der Waals surface area (Å²) in [5.74, 6) is 0.0995. The normalized spacial score (nSPS) is 25.9. The fourth-order valence-corrected chi connectivity index (χ4v) is 3.53. The predicted molar refractivity (Wildman–Crippen MR) is 100 cm³/mol. The van der Waals surface area contributed by atoms with E-state index in [1.54, 1.807) is 24.4 Å². The number of hydrogen-bond donors (Lipinski definition) is 3. The van der Waals surface area contributed by atoms with Crippen LogP contribution in [0.1, 0.15) is 6.92 Å². The number of nitrogens with one attached hydrogen (secondary N) is 3. The molecule has 148 valence electrons. The fraction of sp³-hybridized carbons (Fsp3) is 0.421. The Morgan fingerprint density at radius 3 is 2.79 bits per heavy atom. The quantitative estimate of drug-likeness (QED) is 0.720. The van der Waals surface area contributed by atoms with Gasteiger partial charge >= 0.3 is 6.03 Å². The molecule has 3 N–H and O–H groups in total. The number of fused-ring (bicyclic) bond motifs is 1. The Hall–Kier alpha value is -2.78. The molecule has 8 nitrogen and oxygen atoms in total. The Morgan fingerprint density at radius 1 is 1.21 bits per heavy atom. The number of aromatic nitrogens is 2. The highest BCUT2D eigenvalue weighted by molar-refractivity contribution is 5.74. The molecule has 2 amide bonds. The number of urea groups is 1. The smallest absolute Gasteiger partial charge is 0.315 e. The molecule has 0 bridgehead atoms. The molecule has 0 saturated carbocycles. The molecule has 2 aliphatic heterocycles. The van der Waals surface area contributed by atoms with Gasteiger partial charge in [0.05, 0.1) is 31.0 Å². The van der Waals surface area contributed by atoms with Crippen molar-refractivity contribution in [2.24, 2.45) is 0 Å². The molecule has 2 saturated heterocycles. The third-order valence-electron chi connectivity index (χ3n) is 4.80. The molecule has 4 atom stereocenters. The highest BCUT2D eigenvalue weighted by Crippen LogP contribution is 2.29. The SMILES string of the molecule is CCNC(=O)NC1COC2C(Nc3nccc(-c4cccc(F)c4)n3)COC12. The van der Waals surface area contributed by atoms with Gasteiger partial charge in [-0.1, -0.05) is 12.1 Å². The van der Waals surface area contributed by atoms with Crippen molar-refractivity contribution in [3.63, 3.8) is 0 Å². The Labute approximate surface area is 161 Å². The van der Waals surface area contributed by atoms with Crippen molar-refractivity contribution < 1.29 is 18.7 Å². The first-order valence-electron chi connectivity index (χ1n) is 9.27. The number of benzene rings is 1. The van der Waals surface area contributed by atoms with Crippen molar-refractivity contribution in [2.75, 3.05) is 25.1 Å². The van der Waals surface area contributed by atoms with Crippen molar-refractivity contribution in [2.45, 2.75) is 31.2 Å². The van der Waals surface area contributed by atoms with Crippen LogP contribution in [0.5, 0.6) is 0 Å². The van der Waals surface area contributed by atoms with Crippen LogP contribution < -0.4 is 16.0 Å². The highest BCUT2D eigenvalue weighted by atomic mass is 19.1. The van der Waals surface area contributed by atoms with Crippen molar-refractivity contribution in [3.05, 3.63) is 42.3 Å². The van der Waals surface area contributed by atoms with Gasteiger partial charge < -0.3 is 25.4 Å². The van der Waals surface area contributed by atoms with Crippen molar-refractivity contribution >= 4 is 12.0 Å². The van der Waals surface area contributed by atoms with E-state index in [1.165, 1.54) is 12.1 Å². The van der Waals surface area contributed by atoms with Crippen LogP contribution >= 0.6 is 0 Å². The van der Waals surface area contributed by atoms with Crippen LogP contribution in [-0.4, -0.2) is 60.0 Å². The summed E-state index contributed by atoms with van der Waals surface area (Å²) in [5, 5.41) is 8.82. The second-order valence-electron chi connectivity index (χ2n) is 6.73. The molecule has 28 heavy (non-hydrogen) atoms. The van der Waals surface area contributed by atoms with E-state index < -0.39 is 0 Å². The second kappa shape index (κ2) is 8.07. The zero-order valence-corrected chi connectivity index (χ0v) is 15.4. The number of halogens is 1. The molecular weight excluding hydrogens is 365 g/mol. The standard InChI is InChI=1S/C19H22FN5O3/c1-2-21-19(26)25-15-10-28-16-14(9-27-17(15)16)24-18-22-7-6-13(23-18)11-4-3-5-12(20)8-11/h3-8,14-17H,2,9-10H2,1H3,(H2,21,25,26)(H,22,23,24). The van der Waals surface area contributed by atoms with E-state index in [9.17, 15) is 9.18 Å². The summed E-state index contributed by atoms with van der Waals surface area (Å²) in [6, 6.07) is 7.40. The van der Waals surface area contributed by atoms with Crippen LogP contribution in [0, 0.1) is 5.82 Å². The van der Waals surface area contributed by atoms with Crippen molar-refractivity contribution in [1.29, 1.82) is 0 Å². The molecule has 1 aromatic carbocycles. The maximum atomic E-state index is 13.5. The first kappa shape index (κ1) is 18.6. The number of carbonyl (C=O) groups excluding carboxylic acids is 1. The molecule has 0 aliphatic carbocycles.